The number of carboxylic acids is 2. The second-order valence-corrected chi connectivity index (χ2v) is 29.7. The number of esters is 3. The number of aromatic carboxylic acids is 2. The Kier molecular flexibility index (Phi) is 56.7. The molecule has 3 aliphatic rings. The van der Waals surface area contributed by atoms with Crippen molar-refractivity contribution in [3.8, 4) is 46.0 Å². The molecule has 9 aromatic rings. The van der Waals surface area contributed by atoms with Crippen molar-refractivity contribution in [2.75, 3.05) is 119 Å². The molecule has 0 aliphatic carbocycles. The highest BCUT2D eigenvalue weighted by atomic mass is 16.7. The van der Waals surface area contributed by atoms with Crippen LogP contribution in [0.15, 0.2) is 254 Å². The number of carbonyl (C=O) groups excluding carboxylic acids is 5. The summed E-state index contributed by atoms with van der Waals surface area (Å²) < 4.78 is 86.0. The second kappa shape index (κ2) is 69.4. The summed E-state index contributed by atoms with van der Waals surface area (Å²) in [6.07, 6.45) is 22.2. The maximum Gasteiger partial charge on any atom is 0.337 e. The lowest BCUT2D eigenvalue weighted by Gasteiger charge is -2.22. The predicted octanol–water partition coefficient (Wildman–Crippen LogP) is 18.6. The van der Waals surface area contributed by atoms with E-state index in [1.54, 1.807) is 128 Å². The number of aliphatic imine (C=N–C) groups is 2. The van der Waals surface area contributed by atoms with E-state index in [0.717, 1.165) is 148 Å². The van der Waals surface area contributed by atoms with E-state index in [1.165, 1.54) is 56.2 Å². The number of benzene rings is 9. The molecule has 5 N–H and O–H groups in total. The number of aryl methyl sites for hydroxylation is 1. The number of hydrogen-bond donors (Lipinski definition) is 5. The van der Waals surface area contributed by atoms with Gasteiger partial charge in [0.1, 0.15) is 58.6 Å². The summed E-state index contributed by atoms with van der Waals surface area (Å²) in [5.74, 6) is 2.06. The maximum atomic E-state index is 11.2. The van der Waals surface area contributed by atoms with Crippen LogP contribution >= 0.6 is 0 Å². The SMILES string of the molecule is C=CC(=O)OCCCOc1ccc(C(=O)O)cc1.C=CC(=O)OCCCOc1ccc(C(=O)OC)cc1.Cc1ccc(N=Cc2ccc(OCCCOC3CCCCO3)cc2)cc1.O=C(O)c1ccc(OCCCO)cc1.O=Cc1ccc(OCCCO)cc1.O=Cc1ccc(OCCCOC2CCCCO2)cc1.Oc1ccc(N=Cc2ccc(OCCCOC3CCCCO3)cc2)cc1. The van der Waals surface area contributed by atoms with Crippen LogP contribution in [-0.4, -0.2) is 219 Å². The minimum Gasteiger partial charge on any atom is -0.508 e. The smallest absolute Gasteiger partial charge is 0.337 e. The van der Waals surface area contributed by atoms with Gasteiger partial charge in [0.2, 0.25) is 0 Å². The van der Waals surface area contributed by atoms with Crippen LogP contribution in [0.25, 0.3) is 0 Å². The number of methoxy groups -OCH3 is 1. The number of aliphatic hydroxyl groups excluding tert-OH is 2. The molecule has 0 amide bonds. The van der Waals surface area contributed by atoms with Crippen LogP contribution in [0.4, 0.5) is 11.4 Å². The number of nitrogens with zero attached hydrogens (tertiary/aromatic N) is 2. The highest BCUT2D eigenvalue weighted by Crippen LogP contribution is 2.24. The Morgan fingerprint density at radius 3 is 0.896 bits per heavy atom. The highest BCUT2D eigenvalue weighted by Gasteiger charge is 2.17. The topological polar surface area (TPSA) is 393 Å². The van der Waals surface area contributed by atoms with E-state index >= 15 is 0 Å². The molecule has 3 heterocycles. The largest absolute Gasteiger partial charge is 0.508 e. The van der Waals surface area contributed by atoms with Gasteiger partial charge in [-0.2, -0.15) is 0 Å². The number of phenols is 1. The van der Waals surface area contributed by atoms with Gasteiger partial charge in [-0.15, -0.1) is 0 Å². The van der Waals surface area contributed by atoms with E-state index in [-0.39, 0.29) is 68.1 Å². The number of aliphatic hydroxyl groups is 2. The Hall–Kier alpha value is -13.4. The Morgan fingerprint density at radius 1 is 0.356 bits per heavy atom. The zero-order chi connectivity index (χ0) is 96.8. The zero-order valence-electron chi connectivity index (χ0n) is 76.7. The fraction of sp³-hybridized carbons (Fsp3) is 0.362. The summed E-state index contributed by atoms with van der Waals surface area (Å²) in [6.45, 7) is 17.4. The second-order valence-electron chi connectivity index (χ2n) is 29.7. The molecular formula is C105H126N2O28. The highest BCUT2D eigenvalue weighted by molar-refractivity contribution is 5.90. The van der Waals surface area contributed by atoms with Gasteiger partial charge in [-0.25, -0.2) is 24.0 Å². The molecule has 9 aromatic carbocycles. The van der Waals surface area contributed by atoms with Crippen molar-refractivity contribution in [2.45, 2.75) is 129 Å². The van der Waals surface area contributed by atoms with Gasteiger partial charge in [0, 0.05) is 114 Å². The Morgan fingerprint density at radius 2 is 0.630 bits per heavy atom. The molecule has 0 saturated carbocycles. The third kappa shape index (κ3) is 50.9. The van der Waals surface area contributed by atoms with Crippen molar-refractivity contribution in [3.63, 3.8) is 0 Å². The van der Waals surface area contributed by atoms with Gasteiger partial charge in [0.25, 0.3) is 0 Å². The van der Waals surface area contributed by atoms with Crippen LogP contribution in [0.5, 0.6) is 46.0 Å². The molecule has 3 unspecified atom stereocenters. The monoisotopic (exact) mass is 1860 g/mol. The maximum absolute atomic E-state index is 11.2. The van der Waals surface area contributed by atoms with Crippen molar-refractivity contribution in [1.29, 1.82) is 0 Å². The third-order valence-electron chi connectivity index (χ3n) is 19.0. The van der Waals surface area contributed by atoms with Crippen molar-refractivity contribution < 1.29 is 135 Å². The number of aromatic hydroxyl groups is 1. The minimum atomic E-state index is -0.974. The number of aldehydes is 2. The van der Waals surface area contributed by atoms with Crippen LogP contribution < -0.4 is 33.2 Å². The van der Waals surface area contributed by atoms with Gasteiger partial charge in [-0.05, 0) is 282 Å². The van der Waals surface area contributed by atoms with Gasteiger partial charge in [0.05, 0.1) is 114 Å². The van der Waals surface area contributed by atoms with E-state index in [4.69, 9.17) is 91.5 Å². The first-order valence-corrected chi connectivity index (χ1v) is 44.9. The molecule has 0 spiro atoms. The van der Waals surface area contributed by atoms with E-state index in [1.807, 2.05) is 66.9 Å². The molecule has 0 radical (unpaired) electrons. The van der Waals surface area contributed by atoms with Gasteiger partial charge in [0.15, 0.2) is 18.9 Å². The van der Waals surface area contributed by atoms with Crippen LogP contribution in [0.1, 0.15) is 171 Å². The van der Waals surface area contributed by atoms with Crippen molar-refractivity contribution in [1.82, 2.24) is 0 Å². The number of rotatable bonds is 47. The Bertz CT molecular complexity index is 4690. The summed E-state index contributed by atoms with van der Waals surface area (Å²) in [7, 11) is 1.33. The lowest BCUT2D eigenvalue weighted by molar-refractivity contribution is -0.163. The molecule has 3 aliphatic heterocycles. The number of ether oxygens (including phenoxy) is 16. The van der Waals surface area contributed by atoms with Gasteiger partial charge < -0.3 is 101 Å². The Balaban J connectivity index is 0.000000245. The third-order valence-corrected chi connectivity index (χ3v) is 19.0. The molecular weight excluding hydrogens is 1740 g/mol. The normalized spacial score (nSPS) is 14.0. The van der Waals surface area contributed by atoms with Crippen molar-refractivity contribution in [2.24, 2.45) is 9.98 Å². The number of phenolic OH excluding ortho intramolecular Hbond substituents is 1. The van der Waals surface area contributed by atoms with E-state index in [9.17, 15) is 38.7 Å². The van der Waals surface area contributed by atoms with Gasteiger partial charge in [-0.1, -0.05) is 30.9 Å². The quantitative estimate of drug-likeness (QED) is 0.00590. The molecule has 12 rings (SSSR count). The lowest BCUT2D eigenvalue weighted by Crippen LogP contribution is -2.23. The minimum absolute atomic E-state index is 0.0177. The summed E-state index contributed by atoms with van der Waals surface area (Å²) in [6, 6.07) is 63.5. The predicted molar refractivity (Wildman–Crippen MR) is 511 cm³/mol. The molecule has 30 heteroatoms. The lowest BCUT2D eigenvalue weighted by atomic mass is 10.2. The molecule has 0 bridgehead atoms. The fourth-order valence-electron chi connectivity index (χ4n) is 11.6. The first kappa shape index (κ1) is 110. The number of carbonyl (C=O) groups is 7. The van der Waals surface area contributed by atoms with Crippen molar-refractivity contribution in [3.05, 3.63) is 288 Å². The summed E-state index contributed by atoms with van der Waals surface area (Å²) in [4.78, 5) is 83.4. The number of hydrogen-bond acceptors (Lipinski definition) is 28. The van der Waals surface area contributed by atoms with Crippen LogP contribution in [0.3, 0.4) is 0 Å². The first-order valence-electron chi connectivity index (χ1n) is 44.9. The molecule has 0 aromatic heterocycles. The fourth-order valence-corrected chi connectivity index (χ4v) is 11.6. The van der Waals surface area contributed by atoms with Crippen molar-refractivity contribution >= 4 is 66.2 Å². The van der Waals surface area contributed by atoms with Gasteiger partial charge in [-0.3, -0.25) is 19.6 Å². The molecule has 135 heavy (non-hydrogen) atoms. The molecule has 3 atom stereocenters. The molecule has 3 fully saturated rings. The molecule has 30 nitrogen and oxygen atoms in total. The van der Waals surface area contributed by atoms with E-state index < -0.39 is 23.9 Å². The zero-order valence-corrected chi connectivity index (χ0v) is 76.7. The summed E-state index contributed by atoms with van der Waals surface area (Å²) >= 11 is 0. The average Bonchev–Trinajstić information content (AvgIpc) is 0.903. The van der Waals surface area contributed by atoms with Crippen LogP contribution in [-0.2, 0) is 52.2 Å². The van der Waals surface area contributed by atoms with E-state index in [0.29, 0.717) is 126 Å². The first-order chi connectivity index (χ1) is 65.9. The molecule has 3 saturated heterocycles. The van der Waals surface area contributed by atoms with Crippen LogP contribution in [0.2, 0.25) is 0 Å². The standard InChI is InChI=1S/C22H27NO3.C21H25NO4.C15H20O4.C14H16O5.C13H14O5.C10H12O4.C10H12O3/c1-18-6-10-20(11-7-18)23-17-19-8-12-21(13-9-19)24-15-4-16-26-22-5-2-3-14-25-22;23-19-9-7-18(8-10-19)22-16-17-5-11-20(12-6-17)24-14-3-15-26-21-4-1-2-13-25-21;16-12-13-5-7-14(8-6-13)17-10-3-11-19-15-4-1-2-9-18-15;1-3-13(15)19-10-4-9-18-12-7-5-11(6-8-12)14(16)17-2;1-2-12(14)18-9-3-8-17-11-6-4-10(5-7-11)13(15)16;11-6-1-7-14-9-4-2-8(3-5-9)10(12)13;11-6-1-7-13-10-4-2-9(8-12)3-5-10/h6-13,17,22H,2-5,14-16H2,1H3;5-12,16,21,23H,1-4,13-15H2;5-8,12,15H,1-4,9-11H2;3,5-8H,1,4,9-10H2,2H3;2,4-7H,1,3,8-9H2,(H,15,16);2-5,11H,1,6-7H2,(H,12,13);2-5,8,11H,1,6-7H2. The number of carboxylic acid groups (broad SMARTS) is 2. The average molecular weight is 1860 g/mol. The van der Waals surface area contributed by atoms with Crippen LogP contribution in [0, 0.1) is 6.92 Å². The Labute approximate surface area is 789 Å². The molecule has 724 valence electrons. The van der Waals surface area contributed by atoms with E-state index in [2.05, 4.69) is 46.9 Å². The summed E-state index contributed by atoms with van der Waals surface area (Å²) in [5, 5.41) is 43.6. The van der Waals surface area contributed by atoms with Gasteiger partial charge >= 0.3 is 29.8 Å². The summed E-state index contributed by atoms with van der Waals surface area (Å²) in [5.41, 5.74) is 7.24.